The molecule has 2 aliphatic rings. The lowest BCUT2D eigenvalue weighted by Gasteiger charge is -2.20. The van der Waals surface area contributed by atoms with Gasteiger partial charge in [0.15, 0.2) is 5.78 Å². The number of hydrogen-bond acceptors (Lipinski definition) is 1. The molecule has 0 saturated heterocycles. The van der Waals surface area contributed by atoms with E-state index in [-0.39, 0.29) is 11.6 Å². The molecule has 0 aromatic rings. The number of carbonyl (C=O) groups excluding carboxylic acids is 1. The van der Waals surface area contributed by atoms with Gasteiger partial charge in [0.2, 0.25) is 0 Å². The third-order valence-electron chi connectivity index (χ3n) is 2.53. The zero-order valence-electron chi connectivity index (χ0n) is 6.90. The van der Waals surface area contributed by atoms with Crippen LogP contribution < -0.4 is 0 Å². The molecule has 0 amide bonds. The van der Waals surface area contributed by atoms with Crippen LogP contribution in [0, 0.1) is 0 Å². The molecule has 0 saturated carbocycles. The summed E-state index contributed by atoms with van der Waals surface area (Å²) in [6.07, 6.45) is 5.22. The molecule has 2 rings (SSSR count). The standard InChI is InChI=1S/C10H11FO/c11-8-5-4-7-2-1-3-10(12)9(7)6-8/h6H,1-5H2. The van der Waals surface area contributed by atoms with Crippen LogP contribution in [0.2, 0.25) is 0 Å². The molecule has 0 heterocycles. The Labute approximate surface area is 71.0 Å². The Kier molecular flexibility index (Phi) is 1.83. The minimum Gasteiger partial charge on any atom is -0.294 e. The van der Waals surface area contributed by atoms with E-state index in [4.69, 9.17) is 0 Å². The van der Waals surface area contributed by atoms with Gasteiger partial charge in [0.25, 0.3) is 0 Å². The van der Waals surface area contributed by atoms with Crippen molar-refractivity contribution in [3.05, 3.63) is 23.0 Å². The number of carbonyl (C=O) groups is 1. The van der Waals surface area contributed by atoms with Gasteiger partial charge < -0.3 is 0 Å². The van der Waals surface area contributed by atoms with Gasteiger partial charge >= 0.3 is 0 Å². The first-order chi connectivity index (χ1) is 5.77. The van der Waals surface area contributed by atoms with Crippen molar-refractivity contribution < 1.29 is 9.18 Å². The molecule has 0 fully saturated rings. The molecule has 0 unspecified atom stereocenters. The summed E-state index contributed by atoms with van der Waals surface area (Å²) >= 11 is 0. The van der Waals surface area contributed by atoms with Crippen LogP contribution in [-0.2, 0) is 4.79 Å². The van der Waals surface area contributed by atoms with Crippen molar-refractivity contribution in [3.8, 4) is 0 Å². The van der Waals surface area contributed by atoms with Crippen LogP contribution in [0.3, 0.4) is 0 Å². The first kappa shape index (κ1) is 7.71. The topological polar surface area (TPSA) is 17.1 Å². The summed E-state index contributed by atoms with van der Waals surface area (Å²) in [6.45, 7) is 0. The zero-order valence-corrected chi connectivity index (χ0v) is 6.90. The molecule has 0 aliphatic heterocycles. The summed E-state index contributed by atoms with van der Waals surface area (Å²) in [6, 6.07) is 0. The van der Waals surface area contributed by atoms with E-state index in [1.54, 1.807) is 0 Å². The number of Topliss-reactive ketones (excluding diaryl/α,β-unsaturated/α-hetero) is 1. The van der Waals surface area contributed by atoms with E-state index >= 15 is 0 Å². The smallest absolute Gasteiger partial charge is 0.162 e. The van der Waals surface area contributed by atoms with Crippen molar-refractivity contribution in [1.82, 2.24) is 0 Å². The molecule has 64 valence electrons. The average Bonchev–Trinajstić information content (AvgIpc) is 2.07. The number of rotatable bonds is 0. The van der Waals surface area contributed by atoms with E-state index in [0.29, 0.717) is 18.4 Å². The van der Waals surface area contributed by atoms with Gasteiger partial charge in [0, 0.05) is 18.4 Å². The first-order valence-electron chi connectivity index (χ1n) is 4.38. The van der Waals surface area contributed by atoms with Gasteiger partial charge in [-0.3, -0.25) is 4.79 Å². The first-order valence-corrected chi connectivity index (χ1v) is 4.38. The minimum absolute atomic E-state index is 0.131. The summed E-state index contributed by atoms with van der Waals surface area (Å²) in [5.41, 5.74) is 1.85. The Balaban J connectivity index is 2.37. The molecule has 2 heteroatoms. The van der Waals surface area contributed by atoms with E-state index in [1.807, 2.05) is 0 Å². The van der Waals surface area contributed by atoms with Gasteiger partial charge in [0.05, 0.1) is 0 Å². The Morgan fingerprint density at radius 1 is 1.17 bits per heavy atom. The third kappa shape index (κ3) is 1.22. The highest BCUT2D eigenvalue weighted by molar-refractivity contribution is 5.99. The lowest BCUT2D eigenvalue weighted by molar-refractivity contribution is -0.115. The molecule has 0 radical (unpaired) electrons. The van der Waals surface area contributed by atoms with Crippen LogP contribution in [0.25, 0.3) is 0 Å². The average molecular weight is 166 g/mol. The predicted octanol–water partition coefficient (Wildman–Crippen LogP) is 2.68. The van der Waals surface area contributed by atoms with E-state index in [0.717, 1.165) is 19.3 Å². The van der Waals surface area contributed by atoms with Crippen molar-refractivity contribution in [2.45, 2.75) is 32.1 Å². The van der Waals surface area contributed by atoms with Crippen LogP contribution >= 0.6 is 0 Å². The molecular formula is C10H11FO. The van der Waals surface area contributed by atoms with Crippen molar-refractivity contribution >= 4 is 5.78 Å². The van der Waals surface area contributed by atoms with Gasteiger partial charge in [-0.1, -0.05) is 5.57 Å². The van der Waals surface area contributed by atoms with Crippen molar-refractivity contribution in [3.63, 3.8) is 0 Å². The maximum absolute atomic E-state index is 12.8. The second kappa shape index (κ2) is 2.85. The lowest BCUT2D eigenvalue weighted by Crippen LogP contribution is -2.12. The van der Waals surface area contributed by atoms with Crippen LogP contribution in [0.4, 0.5) is 4.39 Å². The zero-order chi connectivity index (χ0) is 8.55. The number of allylic oxidation sites excluding steroid dienone is 4. The van der Waals surface area contributed by atoms with Crippen molar-refractivity contribution in [2.75, 3.05) is 0 Å². The fourth-order valence-electron chi connectivity index (χ4n) is 1.87. The second-order valence-electron chi connectivity index (χ2n) is 3.39. The lowest BCUT2D eigenvalue weighted by atomic mass is 9.85. The van der Waals surface area contributed by atoms with E-state index in [9.17, 15) is 9.18 Å². The molecule has 2 aliphatic carbocycles. The largest absolute Gasteiger partial charge is 0.294 e. The molecular weight excluding hydrogens is 155 g/mol. The summed E-state index contributed by atoms with van der Waals surface area (Å²) < 4.78 is 12.8. The van der Waals surface area contributed by atoms with Gasteiger partial charge in [-0.15, -0.1) is 0 Å². The maximum atomic E-state index is 12.8. The molecule has 12 heavy (non-hydrogen) atoms. The normalized spacial score (nSPS) is 23.8. The van der Waals surface area contributed by atoms with E-state index < -0.39 is 0 Å². The van der Waals surface area contributed by atoms with Crippen LogP contribution in [0.1, 0.15) is 32.1 Å². The second-order valence-corrected chi connectivity index (χ2v) is 3.39. The van der Waals surface area contributed by atoms with Crippen LogP contribution in [0.5, 0.6) is 0 Å². The van der Waals surface area contributed by atoms with Gasteiger partial charge in [0.1, 0.15) is 5.83 Å². The molecule has 1 nitrogen and oxygen atoms in total. The molecule has 0 bridgehead atoms. The van der Waals surface area contributed by atoms with E-state index in [2.05, 4.69) is 0 Å². The Hall–Kier alpha value is -0.920. The summed E-state index contributed by atoms with van der Waals surface area (Å²) in [4.78, 5) is 11.3. The number of hydrogen-bond donors (Lipinski definition) is 0. The van der Waals surface area contributed by atoms with Crippen LogP contribution in [-0.4, -0.2) is 5.78 Å². The monoisotopic (exact) mass is 166 g/mol. The van der Waals surface area contributed by atoms with Gasteiger partial charge in [-0.25, -0.2) is 4.39 Å². The summed E-state index contributed by atoms with van der Waals surface area (Å²) in [5.74, 6) is -0.00454. The van der Waals surface area contributed by atoms with Crippen molar-refractivity contribution in [2.24, 2.45) is 0 Å². The Bertz CT molecular complexity index is 286. The van der Waals surface area contributed by atoms with Gasteiger partial charge in [-0.2, -0.15) is 0 Å². The maximum Gasteiger partial charge on any atom is 0.162 e. The number of halogens is 1. The Morgan fingerprint density at radius 3 is 2.83 bits per heavy atom. The molecule has 0 N–H and O–H groups in total. The summed E-state index contributed by atoms with van der Waals surface area (Å²) in [7, 11) is 0. The SMILES string of the molecule is O=C1CCCC2=C1C=C(F)CC2. The quantitative estimate of drug-likeness (QED) is 0.540. The fourth-order valence-corrected chi connectivity index (χ4v) is 1.87. The van der Waals surface area contributed by atoms with E-state index in [1.165, 1.54) is 11.6 Å². The van der Waals surface area contributed by atoms with Crippen LogP contribution in [0.15, 0.2) is 23.0 Å². The highest BCUT2D eigenvalue weighted by Crippen LogP contribution is 2.32. The third-order valence-corrected chi connectivity index (χ3v) is 2.53. The number of ketones is 1. The highest BCUT2D eigenvalue weighted by atomic mass is 19.1. The minimum atomic E-state index is -0.135. The summed E-state index contributed by atoms with van der Waals surface area (Å²) in [5, 5.41) is 0. The Morgan fingerprint density at radius 2 is 2.00 bits per heavy atom. The molecule has 0 aromatic carbocycles. The highest BCUT2D eigenvalue weighted by Gasteiger charge is 2.22. The molecule has 0 spiro atoms. The molecule has 0 atom stereocenters. The van der Waals surface area contributed by atoms with Crippen molar-refractivity contribution in [1.29, 1.82) is 0 Å². The fraction of sp³-hybridized carbons (Fsp3) is 0.500. The molecule has 0 aromatic heterocycles. The van der Waals surface area contributed by atoms with Gasteiger partial charge in [-0.05, 0) is 25.3 Å². The predicted molar refractivity (Wildman–Crippen MR) is 44.3 cm³/mol.